The molecule has 0 saturated heterocycles. The lowest BCUT2D eigenvalue weighted by atomic mass is 10.2. The van der Waals surface area contributed by atoms with E-state index in [9.17, 15) is 0 Å². The van der Waals surface area contributed by atoms with Crippen LogP contribution < -0.4 is 11.2 Å². The lowest BCUT2D eigenvalue weighted by Crippen LogP contribution is -2.28. The van der Waals surface area contributed by atoms with Gasteiger partial charge in [0.1, 0.15) is 0 Å². The van der Waals surface area contributed by atoms with Gasteiger partial charge in [-0.2, -0.15) is 0 Å². The topological polar surface area (TPSA) is 119 Å². The number of rotatable bonds is 6. The Kier molecular flexibility index (Phi) is 7.67. The molecule has 74 valence electrons. The summed E-state index contributed by atoms with van der Waals surface area (Å²) in [7, 11) is 0. The molecule has 0 heterocycles. The van der Waals surface area contributed by atoms with Crippen molar-refractivity contribution >= 4 is 5.96 Å². The summed E-state index contributed by atoms with van der Waals surface area (Å²) >= 11 is 0. The Morgan fingerprint density at radius 1 is 1.38 bits per heavy atom. The van der Waals surface area contributed by atoms with E-state index in [4.69, 9.17) is 16.5 Å². The maximum absolute atomic E-state index is 8.25. The molecule has 0 rings (SSSR count). The highest BCUT2D eigenvalue weighted by Crippen LogP contribution is 1.95. The average Bonchev–Trinajstić information content (AvgIpc) is 2.16. The van der Waals surface area contributed by atoms with E-state index in [1.807, 2.05) is 0 Å². The maximum atomic E-state index is 8.25. The van der Waals surface area contributed by atoms with Gasteiger partial charge in [0, 0.05) is 18.0 Å². The SMILES string of the molecule is [N-]=[N+]=NCCCCCN=C(N)NO. The molecule has 0 aromatic carbocycles. The zero-order valence-corrected chi connectivity index (χ0v) is 7.35. The molecule has 0 aromatic heterocycles. The van der Waals surface area contributed by atoms with Crippen molar-refractivity contribution in [1.82, 2.24) is 5.48 Å². The number of hydroxylamine groups is 1. The monoisotopic (exact) mass is 186 g/mol. The zero-order chi connectivity index (χ0) is 9.94. The minimum absolute atomic E-state index is 0.0232. The highest BCUT2D eigenvalue weighted by Gasteiger charge is 1.88. The van der Waals surface area contributed by atoms with Crippen LogP contribution in [-0.2, 0) is 0 Å². The molecule has 7 heteroatoms. The number of nitrogens with two attached hydrogens (primary N) is 1. The van der Waals surface area contributed by atoms with E-state index >= 15 is 0 Å². The van der Waals surface area contributed by atoms with Gasteiger partial charge in [0.2, 0.25) is 5.96 Å². The lowest BCUT2D eigenvalue weighted by molar-refractivity contribution is 0.232. The number of nitrogens with zero attached hydrogens (tertiary/aromatic N) is 4. The van der Waals surface area contributed by atoms with Crippen LogP contribution >= 0.6 is 0 Å². The molecule has 4 N–H and O–H groups in total. The largest absolute Gasteiger partial charge is 0.368 e. The van der Waals surface area contributed by atoms with Crippen molar-refractivity contribution in [2.24, 2.45) is 15.8 Å². The highest BCUT2D eigenvalue weighted by molar-refractivity contribution is 5.76. The van der Waals surface area contributed by atoms with E-state index in [1.54, 1.807) is 5.48 Å². The van der Waals surface area contributed by atoms with Crippen LogP contribution in [0.1, 0.15) is 19.3 Å². The first-order chi connectivity index (χ1) is 6.31. The molecule has 0 unspecified atom stereocenters. The Morgan fingerprint density at radius 2 is 2.08 bits per heavy atom. The molecule has 0 aromatic rings. The van der Waals surface area contributed by atoms with Gasteiger partial charge in [-0.25, -0.2) is 5.48 Å². The van der Waals surface area contributed by atoms with E-state index in [0.29, 0.717) is 13.1 Å². The summed E-state index contributed by atoms with van der Waals surface area (Å²) in [6.07, 6.45) is 2.65. The molecule has 0 fully saturated rings. The van der Waals surface area contributed by atoms with Gasteiger partial charge in [0.15, 0.2) is 0 Å². The van der Waals surface area contributed by atoms with Crippen LogP contribution in [0.25, 0.3) is 10.4 Å². The van der Waals surface area contributed by atoms with Crippen molar-refractivity contribution in [2.75, 3.05) is 13.1 Å². The van der Waals surface area contributed by atoms with Crippen molar-refractivity contribution in [2.45, 2.75) is 19.3 Å². The van der Waals surface area contributed by atoms with E-state index < -0.39 is 0 Å². The summed E-state index contributed by atoms with van der Waals surface area (Å²) in [4.78, 5) is 6.42. The number of aliphatic imine (C=N–C) groups is 1. The van der Waals surface area contributed by atoms with Crippen LogP contribution in [0.15, 0.2) is 10.1 Å². The molecule has 13 heavy (non-hydrogen) atoms. The van der Waals surface area contributed by atoms with Gasteiger partial charge in [-0.1, -0.05) is 11.5 Å². The van der Waals surface area contributed by atoms with Gasteiger partial charge in [-0.15, -0.1) is 0 Å². The van der Waals surface area contributed by atoms with Gasteiger partial charge in [0.05, 0.1) is 0 Å². The quantitative estimate of drug-likeness (QED) is 0.108. The Labute approximate surface area is 76.2 Å². The smallest absolute Gasteiger partial charge is 0.212 e. The fourth-order valence-corrected chi connectivity index (χ4v) is 0.751. The van der Waals surface area contributed by atoms with Crippen LogP contribution in [0, 0.1) is 0 Å². The van der Waals surface area contributed by atoms with Crippen molar-refractivity contribution in [3.05, 3.63) is 10.4 Å². The predicted octanol–water partition coefficient (Wildman–Crippen LogP) is 0.761. The van der Waals surface area contributed by atoms with Crippen LogP contribution in [0.3, 0.4) is 0 Å². The van der Waals surface area contributed by atoms with Gasteiger partial charge < -0.3 is 5.73 Å². The third-order valence-corrected chi connectivity index (χ3v) is 1.38. The molecule has 7 nitrogen and oxygen atoms in total. The summed E-state index contributed by atoms with van der Waals surface area (Å²) in [5, 5.41) is 11.6. The molecule has 0 radical (unpaired) electrons. The number of hydrogen-bond donors (Lipinski definition) is 3. The van der Waals surface area contributed by atoms with Crippen molar-refractivity contribution in [3.63, 3.8) is 0 Å². The second-order valence-electron chi connectivity index (χ2n) is 2.39. The molecular formula is C6H14N6O. The predicted molar refractivity (Wildman–Crippen MR) is 49.3 cm³/mol. The van der Waals surface area contributed by atoms with Gasteiger partial charge >= 0.3 is 0 Å². The maximum Gasteiger partial charge on any atom is 0.212 e. The zero-order valence-electron chi connectivity index (χ0n) is 7.35. The standard InChI is InChI=1S/C6H14N6O/c7-6(11-13)9-4-2-1-3-5-10-12-8/h13H,1-5H2,(H3,7,9,11). The van der Waals surface area contributed by atoms with E-state index in [2.05, 4.69) is 15.0 Å². The molecule has 0 bridgehead atoms. The van der Waals surface area contributed by atoms with E-state index in [-0.39, 0.29) is 5.96 Å². The number of hydrogen-bond acceptors (Lipinski definition) is 3. The molecule has 0 saturated carbocycles. The fraction of sp³-hybridized carbons (Fsp3) is 0.833. The van der Waals surface area contributed by atoms with Crippen molar-refractivity contribution < 1.29 is 5.21 Å². The highest BCUT2D eigenvalue weighted by atomic mass is 16.5. The third kappa shape index (κ3) is 8.45. The third-order valence-electron chi connectivity index (χ3n) is 1.38. The molecular weight excluding hydrogens is 172 g/mol. The van der Waals surface area contributed by atoms with Crippen molar-refractivity contribution in [1.29, 1.82) is 0 Å². The van der Waals surface area contributed by atoms with Crippen LogP contribution in [-0.4, -0.2) is 24.3 Å². The molecule has 0 aliphatic carbocycles. The van der Waals surface area contributed by atoms with Gasteiger partial charge in [-0.05, 0) is 18.4 Å². The second kappa shape index (κ2) is 8.63. The Bertz CT molecular complexity index is 197. The lowest BCUT2D eigenvalue weighted by Gasteiger charge is -1.97. The summed E-state index contributed by atoms with van der Waals surface area (Å²) in [6, 6.07) is 0. The Morgan fingerprint density at radius 3 is 2.69 bits per heavy atom. The minimum Gasteiger partial charge on any atom is -0.368 e. The normalized spacial score (nSPS) is 10.7. The fourth-order valence-electron chi connectivity index (χ4n) is 0.751. The summed E-state index contributed by atoms with van der Waals surface area (Å²) in [5.74, 6) is 0.0232. The Balaban J connectivity index is 3.21. The molecule has 0 amide bonds. The first-order valence-corrected chi connectivity index (χ1v) is 4.02. The number of azide groups is 1. The van der Waals surface area contributed by atoms with Crippen LogP contribution in [0.5, 0.6) is 0 Å². The molecule has 0 atom stereocenters. The minimum atomic E-state index is 0.0232. The van der Waals surface area contributed by atoms with Crippen LogP contribution in [0.4, 0.5) is 0 Å². The molecule has 0 aliphatic heterocycles. The molecule has 0 aliphatic rings. The number of guanidine groups is 1. The average molecular weight is 186 g/mol. The second-order valence-corrected chi connectivity index (χ2v) is 2.39. The Hall–Kier alpha value is -1.46. The summed E-state index contributed by atoms with van der Waals surface area (Å²) < 4.78 is 0. The first-order valence-electron chi connectivity index (χ1n) is 4.02. The van der Waals surface area contributed by atoms with Crippen molar-refractivity contribution in [3.8, 4) is 0 Å². The number of unbranched alkanes of at least 4 members (excludes halogenated alkanes) is 2. The van der Waals surface area contributed by atoms with Gasteiger partial charge in [0.25, 0.3) is 0 Å². The number of nitrogens with one attached hydrogen (secondary N) is 1. The first kappa shape index (κ1) is 11.5. The van der Waals surface area contributed by atoms with E-state index in [0.717, 1.165) is 19.3 Å². The van der Waals surface area contributed by atoms with Gasteiger partial charge in [-0.3, -0.25) is 10.2 Å². The van der Waals surface area contributed by atoms with Crippen LogP contribution in [0.2, 0.25) is 0 Å². The van der Waals surface area contributed by atoms with E-state index in [1.165, 1.54) is 0 Å². The summed E-state index contributed by atoms with van der Waals surface area (Å²) in [5.41, 5.74) is 14.9. The molecule has 0 spiro atoms. The summed E-state index contributed by atoms with van der Waals surface area (Å²) in [6.45, 7) is 1.09.